The molecule has 1 aromatic heterocycles. The fourth-order valence-corrected chi connectivity index (χ4v) is 1.44. The number of rotatable bonds is 2. The first-order valence-electron chi connectivity index (χ1n) is 4.84. The number of aromatic nitrogens is 1. The van der Waals surface area contributed by atoms with E-state index in [0.717, 1.165) is 11.8 Å². The molecule has 1 aromatic rings. The van der Waals surface area contributed by atoms with E-state index < -0.39 is 11.7 Å². The molecule has 1 nitrogen and oxygen atoms in total. The third-order valence-corrected chi connectivity index (χ3v) is 2.07. The van der Waals surface area contributed by atoms with E-state index in [2.05, 4.69) is 4.98 Å². The quantitative estimate of drug-likeness (QED) is 0.737. The lowest BCUT2D eigenvalue weighted by Crippen LogP contribution is -2.10. The maximum atomic E-state index is 12.4. The van der Waals surface area contributed by atoms with Crippen LogP contribution in [0.25, 0.3) is 0 Å². The van der Waals surface area contributed by atoms with Crippen LogP contribution >= 0.6 is 0 Å². The van der Waals surface area contributed by atoms with Gasteiger partial charge in [-0.3, -0.25) is 4.98 Å². The van der Waals surface area contributed by atoms with Crippen LogP contribution in [-0.2, 0) is 12.6 Å². The van der Waals surface area contributed by atoms with Crippen LogP contribution in [0.4, 0.5) is 13.2 Å². The van der Waals surface area contributed by atoms with Crippen LogP contribution in [0.3, 0.4) is 0 Å². The fraction of sp³-hybridized carbons (Fsp3) is 0.545. The third kappa shape index (κ3) is 3.22. The highest BCUT2D eigenvalue weighted by Gasteiger charge is 2.32. The zero-order valence-corrected chi connectivity index (χ0v) is 9.02. The smallest absolute Gasteiger partial charge is 0.258 e. The molecule has 0 aliphatic rings. The van der Waals surface area contributed by atoms with Gasteiger partial charge in [-0.1, -0.05) is 13.8 Å². The molecule has 1 rings (SSSR count). The highest BCUT2D eigenvalue weighted by Crippen LogP contribution is 2.31. The Morgan fingerprint density at radius 3 is 2.27 bits per heavy atom. The van der Waals surface area contributed by atoms with Crippen molar-refractivity contribution in [1.82, 2.24) is 4.98 Å². The highest BCUT2D eigenvalue weighted by molar-refractivity contribution is 5.24. The third-order valence-electron chi connectivity index (χ3n) is 2.07. The number of hydrogen-bond donors (Lipinski definition) is 0. The molecule has 0 aromatic carbocycles. The molecule has 0 amide bonds. The van der Waals surface area contributed by atoms with Crippen molar-refractivity contribution in [3.8, 4) is 0 Å². The summed E-state index contributed by atoms with van der Waals surface area (Å²) in [7, 11) is 0. The first-order valence-corrected chi connectivity index (χ1v) is 4.84. The van der Waals surface area contributed by atoms with Gasteiger partial charge in [0.25, 0.3) is 0 Å². The molecule has 0 saturated heterocycles. The molecule has 1 heterocycles. The van der Waals surface area contributed by atoms with E-state index in [4.69, 9.17) is 0 Å². The summed E-state index contributed by atoms with van der Waals surface area (Å²) >= 11 is 0. The van der Waals surface area contributed by atoms with Crippen molar-refractivity contribution in [2.45, 2.75) is 33.4 Å². The Bertz CT molecular complexity index is 342. The summed E-state index contributed by atoms with van der Waals surface area (Å²) in [6.45, 7) is 5.41. The van der Waals surface area contributed by atoms with Gasteiger partial charge >= 0.3 is 6.18 Å². The van der Waals surface area contributed by atoms with Crippen LogP contribution in [-0.4, -0.2) is 4.98 Å². The van der Waals surface area contributed by atoms with Gasteiger partial charge in [0, 0.05) is 11.4 Å². The lowest BCUT2D eigenvalue weighted by molar-refractivity contribution is -0.138. The summed E-state index contributed by atoms with van der Waals surface area (Å²) in [5.41, 5.74) is 0.131. The van der Waals surface area contributed by atoms with Gasteiger partial charge in [-0.25, -0.2) is 0 Å². The molecule has 84 valence electrons. The molecule has 0 unspecified atom stereocenters. The molecule has 4 heteroatoms. The molecule has 15 heavy (non-hydrogen) atoms. The summed E-state index contributed by atoms with van der Waals surface area (Å²) in [6.07, 6.45) is -3.59. The van der Waals surface area contributed by atoms with Gasteiger partial charge in [-0.2, -0.15) is 13.2 Å². The van der Waals surface area contributed by atoms with Gasteiger partial charge in [-0.15, -0.1) is 0 Å². The van der Waals surface area contributed by atoms with Crippen molar-refractivity contribution < 1.29 is 13.2 Å². The van der Waals surface area contributed by atoms with Crippen LogP contribution < -0.4 is 0 Å². The molecule has 0 fully saturated rings. The standard InChI is InChI=1S/C11H14F3N/c1-7(2)6-9-4-5-10(8(3)15-9)11(12,13)14/h4-5,7H,6H2,1-3H3. The highest BCUT2D eigenvalue weighted by atomic mass is 19.4. The van der Waals surface area contributed by atoms with Gasteiger partial charge in [0.05, 0.1) is 5.56 Å². The van der Waals surface area contributed by atoms with E-state index in [-0.39, 0.29) is 5.69 Å². The minimum Gasteiger partial charge on any atom is -0.258 e. The number of pyridine rings is 1. The van der Waals surface area contributed by atoms with Gasteiger partial charge < -0.3 is 0 Å². The van der Waals surface area contributed by atoms with Crippen molar-refractivity contribution in [2.24, 2.45) is 5.92 Å². The Hall–Kier alpha value is -1.06. The molecule has 0 saturated carbocycles. The van der Waals surface area contributed by atoms with Crippen molar-refractivity contribution in [2.75, 3.05) is 0 Å². The molecule has 0 aliphatic carbocycles. The Morgan fingerprint density at radius 2 is 1.87 bits per heavy atom. The normalized spacial score (nSPS) is 12.2. The zero-order chi connectivity index (χ0) is 11.6. The zero-order valence-electron chi connectivity index (χ0n) is 9.02. The van der Waals surface area contributed by atoms with E-state index in [1.54, 1.807) is 0 Å². The monoisotopic (exact) mass is 217 g/mol. The van der Waals surface area contributed by atoms with Crippen LogP contribution in [0.5, 0.6) is 0 Å². The lowest BCUT2D eigenvalue weighted by Gasteiger charge is -2.11. The first-order chi connectivity index (χ1) is 6.80. The second kappa shape index (κ2) is 4.21. The Balaban J connectivity index is 2.99. The Morgan fingerprint density at radius 1 is 1.27 bits per heavy atom. The molecule has 0 radical (unpaired) electrons. The summed E-state index contributed by atoms with van der Waals surface area (Å²) in [4.78, 5) is 3.96. The second-order valence-corrected chi connectivity index (χ2v) is 4.03. The van der Waals surface area contributed by atoms with Gasteiger partial charge in [-0.05, 0) is 31.4 Å². The largest absolute Gasteiger partial charge is 0.418 e. The minimum atomic E-state index is -4.30. The minimum absolute atomic E-state index is 0.0562. The predicted molar refractivity (Wildman–Crippen MR) is 52.5 cm³/mol. The van der Waals surface area contributed by atoms with Crippen molar-refractivity contribution in [1.29, 1.82) is 0 Å². The van der Waals surface area contributed by atoms with Crippen LogP contribution in [0.1, 0.15) is 30.8 Å². The molecule has 0 aliphatic heterocycles. The van der Waals surface area contributed by atoms with E-state index in [1.165, 1.54) is 13.0 Å². The molecule has 0 atom stereocenters. The number of aryl methyl sites for hydroxylation is 1. The van der Waals surface area contributed by atoms with Crippen molar-refractivity contribution in [3.63, 3.8) is 0 Å². The average molecular weight is 217 g/mol. The van der Waals surface area contributed by atoms with E-state index in [9.17, 15) is 13.2 Å². The SMILES string of the molecule is Cc1nc(CC(C)C)ccc1C(F)(F)F. The topological polar surface area (TPSA) is 12.9 Å². The van der Waals surface area contributed by atoms with Crippen molar-refractivity contribution >= 4 is 0 Å². The number of halogens is 3. The predicted octanol–water partition coefficient (Wildman–Crippen LogP) is 3.61. The lowest BCUT2D eigenvalue weighted by atomic mass is 10.1. The summed E-state index contributed by atoms with van der Waals surface area (Å²) < 4.78 is 37.2. The maximum Gasteiger partial charge on any atom is 0.418 e. The van der Waals surface area contributed by atoms with Gasteiger partial charge in [0.15, 0.2) is 0 Å². The number of hydrogen-bond acceptors (Lipinski definition) is 1. The number of alkyl halides is 3. The molecule has 0 N–H and O–H groups in total. The summed E-state index contributed by atoms with van der Waals surface area (Å²) in [6, 6.07) is 2.57. The van der Waals surface area contributed by atoms with Gasteiger partial charge in [0.2, 0.25) is 0 Å². The molecular weight excluding hydrogens is 203 g/mol. The van der Waals surface area contributed by atoms with Crippen LogP contribution in [0.15, 0.2) is 12.1 Å². The fourth-order valence-electron chi connectivity index (χ4n) is 1.44. The second-order valence-electron chi connectivity index (χ2n) is 4.03. The molecule has 0 spiro atoms. The van der Waals surface area contributed by atoms with Gasteiger partial charge in [0.1, 0.15) is 0 Å². The molecule has 0 bridgehead atoms. The summed E-state index contributed by atoms with van der Waals surface area (Å²) in [5.74, 6) is 0.397. The number of nitrogens with zero attached hydrogens (tertiary/aromatic N) is 1. The van der Waals surface area contributed by atoms with E-state index in [1.807, 2.05) is 13.8 Å². The van der Waals surface area contributed by atoms with Crippen LogP contribution in [0.2, 0.25) is 0 Å². The Labute approximate surface area is 87.3 Å². The van der Waals surface area contributed by atoms with Crippen LogP contribution in [0, 0.1) is 12.8 Å². The molecular formula is C11H14F3N. The average Bonchev–Trinajstić information content (AvgIpc) is 1.99. The first kappa shape index (κ1) is 12.0. The maximum absolute atomic E-state index is 12.4. The van der Waals surface area contributed by atoms with E-state index >= 15 is 0 Å². The summed E-state index contributed by atoms with van der Waals surface area (Å²) in [5, 5.41) is 0. The van der Waals surface area contributed by atoms with Crippen molar-refractivity contribution in [3.05, 3.63) is 29.1 Å². The van der Waals surface area contributed by atoms with E-state index in [0.29, 0.717) is 12.3 Å². The Kier molecular flexibility index (Phi) is 3.37.